The molecule has 1 atom stereocenters. The number of hydrogen-bond donors (Lipinski definition) is 1. The highest BCUT2D eigenvalue weighted by atomic mass is 32.2. The van der Waals surface area contributed by atoms with E-state index in [4.69, 9.17) is 10.7 Å². The van der Waals surface area contributed by atoms with Crippen molar-refractivity contribution in [2.45, 2.75) is 19.4 Å². The van der Waals surface area contributed by atoms with E-state index in [1.54, 1.807) is 18.2 Å². The fraction of sp³-hybridized carbons (Fsp3) is 0.200. The molecule has 6 nitrogen and oxygen atoms in total. The standard InChI is InChI=1S/C20H19N3O3S2/c1-12-8-16-9-13(6-7-18(16)23(12)28(2,25)26)17-11-27-20(22-17)15-5-3-4-14(10-15)19(21)24/h3-7,9-12H,8H2,1-2H3,(H2,21,24). The van der Waals surface area contributed by atoms with Crippen LogP contribution in [0.3, 0.4) is 0 Å². The van der Waals surface area contributed by atoms with Crippen LogP contribution in [-0.2, 0) is 16.4 Å². The molecule has 0 aliphatic carbocycles. The van der Waals surface area contributed by atoms with E-state index >= 15 is 0 Å². The molecule has 2 aromatic carbocycles. The van der Waals surface area contributed by atoms with Crippen LogP contribution in [0.15, 0.2) is 47.8 Å². The van der Waals surface area contributed by atoms with E-state index in [-0.39, 0.29) is 6.04 Å². The summed E-state index contributed by atoms with van der Waals surface area (Å²) in [6.45, 7) is 1.91. The number of rotatable bonds is 4. The van der Waals surface area contributed by atoms with E-state index in [0.29, 0.717) is 12.0 Å². The molecule has 2 N–H and O–H groups in total. The van der Waals surface area contributed by atoms with Gasteiger partial charge in [0, 0.05) is 28.1 Å². The van der Waals surface area contributed by atoms with Gasteiger partial charge in [-0.05, 0) is 43.2 Å². The van der Waals surface area contributed by atoms with Crippen molar-refractivity contribution < 1.29 is 13.2 Å². The van der Waals surface area contributed by atoms with E-state index < -0.39 is 15.9 Å². The smallest absolute Gasteiger partial charge is 0.248 e. The first-order chi connectivity index (χ1) is 13.2. The minimum atomic E-state index is -3.30. The highest BCUT2D eigenvalue weighted by Crippen LogP contribution is 2.37. The van der Waals surface area contributed by atoms with Crippen molar-refractivity contribution in [3.8, 4) is 21.8 Å². The van der Waals surface area contributed by atoms with Crippen LogP contribution in [0.2, 0.25) is 0 Å². The van der Waals surface area contributed by atoms with Crippen molar-refractivity contribution in [3.63, 3.8) is 0 Å². The summed E-state index contributed by atoms with van der Waals surface area (Å²) in [5.41, 5.74) is 10.1. The van der Waals surface area contributed by atoms with Gasteiger partial charge in [0.2, 0.25) is 15.9 Å². The highest BCUT2D eigenvalue weighted by Gasteiger charge is 2.32. The topological polar surface area (TPSA) is 93.4 Å². The zero-order valence-electron chi connectivity index (χ0n) is 15.4. The van der Waals surface area contributed by atoms with Gasteiger partial charge in [-0.15, -0.1) is 11.3 Å². The van der Waals surface area contributed by atoms with Gasteiger partial charge >= 0.3 is 0 Å². The van der Waals surface area contributed by atoms with Crippen molar-refractivity contribution in [2.24, 2.45) is 5.73 Å². The number of thiazole rings is 1. The number of primary amides is 1. The summed E-state index contributed by atoms with van der Waals surface area (Å²) >= 11 is 1.49. The van der Waals surface area contributed by atoms with Crippen molar-refractivity contribution in [3.05, 3.63) is 59.0 Å². The number of benzene rings is 2. The molecule has 1 aliphatic rings. The van der Waals surface area contributed by atoms with Crippen LogP contribution < -0.4 is 10.0 Å². The zero-order chi connectivity index (χ0) is 20.1. The monoisotopic (exact) mass is 413 g/mol. The Balaban J connectivity index is 1.68. The first kappa shape index (κ1) is 18.6. The Hall–Kier alpha value is -2.71. The van der Waals surface area contributed by atoms with Crippen LogP contribution in [0.1, 0.15) is 22.8 Å². The Bertz CT molecular complexity index is 1180. The molecule has 0 fully saturated rings. The fourth-order valence-corrected chi connectivity index (χ4v) is 5.70. The molecule has 4 rings (SSSR count). The van der Waals surface area contributed by atoms with Gasteiger partial charge in [0.25, 0.3) is 0 Å². The summed E-state index contributed by atoms with van der Waals surface area (Å²) in [5.74, 6) is -0.471. The first-order valence-electron chi connectivity index (χ1n) is 8.72. The molecule has 28 heavy (non-hydrogen) atoms. The van der Waals surface area contributed by atoms with Gasteiger partial charge in [0.1, 0.15) is 5.01 Å². The molecule has 2 heterocycles. The minimum absolute atomic E-state index is 0.0946. The summed E-state index contributed by atoms with van der Waals surface area (Å²) in [7, 11) is -3.30. The van der Waals surface area contributed by atoms with Crippen molar-refractivity contribution >= 4 is 33.0 Å². The average Bonchev–Trinajstić information content (AvgIpc) is 3.24. The van der Waals surface area contributed by atoms with Gasteiger partial charge in [0.15, 0.2) is 0 Å². The Morgan fingerprint density at radius 1 is 1.21 bits per heavy atom. The van der Waals surface area contributed by atoms with Gasteiger partial charge in [-0.3, -0.25) is 9.10 Å². The third-order valence-electron chi connectivity index (χ3n) is 4.78. The molecule has 8 heteroatoms. The molecule has 0 saturated heterocycles. The highest BCUT2D eigenvalue weighted by molar-refractivity contribution is 7.92. The number of sulfonamides is 1. The Labute approximate surface area is 167 Å². The van der Waals surface area contributed by atoms with E-state index in [1.807, 2.05) is 36.6 Å². The Morgan fingerprint density at radius 3 is 2.71 bits per heavy atom. The quantitative estimate of drug-likeness (QED) is 0.710. The summed E-state index contributed by atoms with van der Waals surface area (Å²) in [4.78, 5) is 16.1. The normalized spacial score (nSPS) is 16.2. The number of aromatic nitrogens is 1. The molecule has 0 spiro atoms. The molecular formula is C20H19N3O3S2. The lowest BCUT2D eigenvalue weighted by Gasteiger charge is -2.21. The van der Waals surface area contributed by atoms with Gasteiger partial charge < -0.3 is 5.73 Å². The lowest BCUT2D eigenvalue weighted by Crippen LogP contribution is -2.34. The molecular weight excluding hydrogens is 394 g/mol. The predicted molar refractivity (Wildman–Crippen MR) is 112 cm³/mol. The van der Waals surface area contributed by atoms with Crippen LogP contribution in [0, 0.1) is 0 Å². The van der Waals surface area contributed by atoms with E-state index in [1.165, 1.54) is 21.9 Å². The fourth-order valence-electron chi connectivity index (χ4n) is 3.61. The lowest BCUT2D eigenvalue weighted by molar-refractivity contribution is 0.100. The number of amides is 1. The average molecular weight is 414 g/mol. The second kappa shape index (κ2) is 6.72. The number of anilines is 1. The Kier molecular flexibility index (Phi) is 4.47. The maximum absolute atomic E-state index is 12.1. The maximum atomic E-state index is 12.1. The van der Waals surface area contributed by atoms with E-state index in [0.717, 1.165) is 33.1 Å². The summed E-state index contributed by atoms with van der Waals surface area (Å²) in [6.07, 6.45) is 1.91. The lowest BCUT2D eigenvalue weighted by atomic mass is 10.1. The van der Waals surface area contributed by atoms with Gasteiger partial charge in [0.05, 0.1) is 17.6 Å². The number of nitrogens with zero attached hydrogens (tertiary/aromatic N) is 2. The second-order valence-corrected chi connectivity index (χ2v) is 9.66. The zero-order valence-corrected chi connectivity index (χ0v) is 17.0. The number of hydrogen-bond acceptors (Lipinski definition) is 5. The molecule has 0 radical (unpaired) electrons. The van der Waals surface area contributed by atoms with Crippen LogP contribution in [0.4, 0.5) is 5.69 Å². The van der Waals surface area contributed by atoms with Gasteiger partial charge in [-0.2, -0.15) is 0 Å². The SMILES string of the molecule is CC1Cc2cc(-c3csc(-c4cccc(C(N)=O)c4)n3)ccc2N1S(C)(=O)=O. The molecule has 1 unspecified atom stereocenters. The van der Waals surface area contributed by atoms with Crippen molar-refractivity contribution in [2.75, 3.05) is 10.6 Å². The van der Waals surface area contributed by atoms with E-state index in [9.17, 15) is 13.2 Å². The summed E-state index contributed by atoms with van der Waals surface area (Å²) in [5, 5.41) is 2.76. The van der Waals surface area contributed by atoms with Gasteiger partial charge in [-0.1, -0.05) is 18.2 Å². The number of fused-ring (bicyclic) bond motifs is 1. The Morgan fingerprint density at radius 2 is 2.00 bits per heavy atom. The van der Waals surface area contributed by atoms with Crippen LogP contribution in [0.25, 0.3) is 21.8 Å². The van der Waals surface area contributed by atoms with Crippen molar-refractivity contribution in [1.29, 1.82) is 0 Å². The largest absolute Gasteiger partial charge is 0.366 e. The molecule has 1 amide bonds. The third kappa shape index (κ3) is 3.29. The molecule has 0 bridgehead atoms. The van der Waals surface area contributed by atoms with Crippen LogP contribution >= 0.6 is 11.3 Å². The maximum Gasteiger partial charge on any atom is 0.248 e. The predicted octanol–water partition coefficient (Wildman–Crippen LogP) is 3.29. The van der Waals surface area contributed by atoms with Gasteiger partial charge in [-0.25, -0.2) is 13.4 Å². The number of carbonyl (C=O) groups is 1. The molecule has 1 aromatic heterocycles. The number of carbonyl (C=O) groups excluding carboxylic acids is 1. The number of nitrogens with two attached hydrogens (primary N) is 1. The summed E-state index contributed by atoms with van der Waals surface area (Å²) in [6, 6.07) is 12.7. The third-order valence-corrected chi connectivity index (χ3v) is 6.95. The molecule has 1 aliphatic heterocycles. The van der Waals surface area contributed by atoms with Crippen molar-refractivity contribution in [1.82, 2.24) is 4.98 Å². The summed E-state index contributed by atoms with van der Waals surface area (Å²) < 4.78 is 25.6. The molecule has 0 saturated carbocycles. The van der Waals surface area contributed by atoms with E-state index in [2.05, 4.69) is 0 Å². The molecule has 144 valence electrons. The van der Waals surface area contributed by atoms with Crippen LogP contribution in [0.5, 0.6) is 0 Å². The minimum Gasteiger partial charge on any atom is -0.366 e. The van der Waals surface area contributed by atoms with Crippen LogP contribution in [-0.4, -0.2) is 31.6 Å². The molecule has 3 aromatic rings. The second-order valence-electron chi connectivity index (χ2n) is 6.94. The first-order valence-corrected chi connectivity index (χ1v) is 11.5.